The van der Waals surface area contributed by atoms with Gasteiger partial charge in [0.05, 0.1) is 17.6 Å². The normalized spacial score (nSPS) is 13.6. The summed E-state index contributed by atoms with van der Waals surface area (Å²) >= 11 is 0. The molecule has 2 N–H and O–H groups in total. The molecule has 10 heteroatoms. The van der Waals surface area contributed by atoms with Crippen molar-refractivity contribution in [2.24, 2.45) is 0 Å². The molecule has 2 aromatic rings. The molecular weight excluding hydrogens is 436 g/mol. The molecule has 0 saturated carbocycles. The molecule has 0 unspecified atom stereocenters. The number of sulfonamides is 1. The quantitative estimate of drug-likeness (QED) is 0.380. The maximum absolute atomic E-state index is 12.6. The summed E-state index contributed by atoms with van der Waals surface area (Å²) in [6.07, 6.45) is -1.38. The van der Waals surface area contributed by atoms with Crippen molar-refractivity contribution in [3.8, 4) is 0 Å². The number of ketones is 1. The first-order valence-electron chi connectivity index (χ1n) is 10.1. The lowest BCUT2D eigenvalue weighted by Gasteiger charge is -2.20. The predicted molar refractivity (Wildman–Crippen MR) is 118 cm³/mol. The van der Waals surface area contributed by atoms with E-state index in [2.05, 4.69) is 4.72 Å². The second-order valence-corrected chi connectivity index (χ2v) is 9.33. The Bertz CT molecular complexity index is 1060. The third kappa shape index (κ3) is 6.26. The van der Waals surface area contributed by atoms with Gasteiger partial charge in [-0.1, -0.05) is 17.7 Å². The van der Waals surface area contributed by atoms with Gasteiger partial charge in [0.15, 0.2) is 6.61 Å². The summed E-state index contributed by atoms with van der Waals surface area (Å²) < 4.78 is 39.4. The van der Waals surface area contributed by atoms with Crippen LogP contribution in [0, 0.1) is 20.8 Å². The second-order valence-electron chi connectivity index (χ2n) is 7.61. The molecule has 0 amide bonds. The van der Waals surface area contributed by atoms with Crippen molar-refractivity contribution in [3.05, 3.63) is 52.8 Å². The zero-order chi connectivity index (χ0) is 24.1. The third-order valence-electron chi connectivity index (χ3n) is 5.09. The predicted octanol–water partition coefficient (Wildman–Crippen LogP) is 1.51. The zero-order valence-electron chi connectivity index (χ0n) is 18.9. The van der Waals surface area contributed by atoms with Crippen LogP contribution >= 0.6 is 0 Å². The number of aromatic nitrogens is 1. The molecule has 0 aliphatic rings. The molecule has 2 atom stereocenters. The number of methoxy groups -OCH3 is 1. The average molecular weight is 467 g/mol. The molecule has 0 aliphatic carbocycles. The molecule has 9 nitrogen and oxygen atoms in total. The van der Waals surface area contributed by atoms with E-state index in [0.717, 1.165) is 11.3 Å². The number of ether oxygens (including phenoxy) is 2. The number of carbonyl (C=O) groups is 2. The summed E-state index contributed by atoms with van der Waals surface area (Å²) in [5, 5.41) is 9.96. The van der Waals surface area contributed by atoms with Gasteiger partial charge in [-0.2, -0.15) is 4.72 Å². The Morgan fingerprint density at radius 3 is 2.34 bits per heavy atom. The Kier molecular flexibility index (Phi) is 8.73. The standard InChI is InChI=1S/C22H30N2O7S/c1-14-6-8-18(9-7-14)32(28,29)23-21(17(4)25)22(27)31-13-20(26)19-12-15(2)24(16(19)3)10-11-30-5/h6-9,12,17,21,23,25H,10-11,13H2,1-5H3/t17-,21+/m1/s1. The monoisotopic (exact) mass is 466 g/mol. The van der Waals surface area contributed by atoms with Crippen LogP contribution in [0.2, 0.25) is 0 Å². The van der Waals surface area contributed by atoms with Crippen LogP contribution in [-0.2, 0) is 30.8 Å². The van der Waals surface area contributed by atoms with Gasteiger partial charge in [0.2, 0.25) is 15.8 Å². The van der Waals surface area contributed by atoms with E-state index < -0.39 is 40.5 Å². The molecule has 2 rings (SSSR count). The molecule has 0 bridgehead atoms. The van der Waals surface area contributed by atoms with Crippen LogP contribution in [0.25, 0.3) is 0 Å². The van der Waals surface area contributed by atoms with E-state index in [1.807, 2.05) is 18.4 Å². The SMILES string of the molecule is COCCn1c(C)cc(C(=O)COC(=O)[C@@H](NS(=O)(=O)c2ccc(C)cc2)[C@@H](C)O)c1C. The Morgan fingerprint density at radius 1 is 1.16 bits per heavy atom. The van der Waals surface area contributed by atoms with E-state index in [-0.39, 0.29) is 4.90 Å². The summed E-state index contributed by atoms with van der Waals surface area (Å²) in [7, 11) is -2.50. The molecule has 176 valence electrons. The van der Waals surface area contributed by atoms with Gasteiger partial charge >= 0.3 is 5.97 Å². The fourth-order valence-electron chi connectivity index (χ4n) is 3.21. The largest absolute Gasteiger partial charge is 0.456 e. The minimum Gasteiger partial charge on any atom is -0.456 e. The minimum absolute atomic E-state index is 0.0545. The van der Waals surface area contributed by atoms with Crippen molar-refractivity contribution in [1.82, 2.24) is 9.29 Å². The number of rotatable bonds is 11. The number of nitrogens with one attached hydrogen (secondary N) is 1. The number of Topliss-reactive ketones (excluding diaryl/α,β-unsaturated/α-hetero) is 1. The molecule has 1 aromatic carbocycles. The van der Waals surface area contributed by atoms with E-state index in [9.17, 15) is 23.1 Å². The first-order chi connectivity index (χ1) is 15.0. The lowest BCUT2D eigenvalue weighted by molar-refractivity contribution is -0.147. The summed E-state index contributed by atoms with van der Waals surface area (Å²) in [6, 6.07) is 6.16. The van der Waals surface area contributed by atoms with E-state index in [0.29, 0.717) is 24.4 Å². The van der Waals surface area contributed by atoms with Crippen molar-refractivity contribution < 1.29 is 32.6 Å². The Balaban J connectivity index is 2.09. The topological polar surface area (TPSA) is 124 Å². The highest BCUT2D eigenvalue weighted by Crippen LogP contribution is 2.16. The summed E-state index contributed by atoms with van der Waals surface area (Å²) in [5.41, 5.74) is 2.85. The lowest BCUT2D eigenvalue weighted by Crippen LogP contribution is -2.48. The van der Waals surface area contributed by atoms with Gasteiger partial charge in [-0.05, 0) is 45.9 Å². The first-order valence-corrected chi connectivity index (χ1v) is 11.6. The Labute approximate surface area is 188 Å². The van der Waals surface area contributed by atoms with Crippen LogP contribution in [0.5, 0.6) is 0 Å². The van der Waals surface area contributed by atoms with Gasteiger partial charge < -0.3 is 19.1 Å². The van der Waals surface area contributed by atoms with Crippen molar-refractivity contribution in [1.29, 1.82) is 0 Å². The van der Waals surface area contributed by atoms with Crippen LogP contribution in [0.1, 0.15) is 34.2 Å². The Morgan fingerprint density at radius 2 is 1.78 bits per heavy atom. The van der Waals surface area contributed by atoms with Gasteiger partial charge in [-0.25, -0.2) is 8.42 Å². The summed E-state index contributed by atoms with van der Waals surface area (Å²) in [5.74, 6) is -1.47. The molecule has 1 aromatic heterocycles. The fourth-order valence-corrected chi connectivity index (χ4v) is 4.47. The first kappa shape index (κ1) is 25.7. The summed E-state index contributed by atoms with van der Waals surface area (Å²) in [6.45, 7) is 7.19. The van der Waals surface area contributed by atoms with Crippen molar-refractivity contribution in [2.45, 2.75) is 51.3 Å². The van der Waals surface area contributed by atoms with Crippen LogP contribution in [0.3, 0.4) is 0 Å². The smallest absolute Gasteiger partial charge is 0.327 e. The number of nitrogens with zero attached hydrogens (tertiary/aromatic N) is 1. The van der Waals surface area contributed by atoms with Gasteiger partial charge in [0.25, 0.3) is 0 Å². The zero-order valence-corrected chi connectivity index (χ0v) is 19.7. The average Bonchev–Trinajstić information content (AvgIpc) is 3.02. The number of esters is 1. The van der Waals surface area contributed by atoms with Gasteiger partial charge in [0.1, 0.15) is 6.04 Å². The van der Waals surface area contributed by atoms with E-state index in [1.165, 1.54) is 19.1 Å². The second kappa shape index (κ2) is 10.9. The maximum Gasteiger partial charge on any atom is 0.327 e. The molecule has 32 heavy (non-hydrogen) atoms. The number of aliphatic hydroxyl groups excluding tert-OH is 1. The van der Waals surface area contributed by atoms with Crippen LogP contribution in [-0.4, -0.2) is 62.3 Å². The minimum atomic E-state index is -4.09. The van der Waals surface area contributed by atoms with Crippen LogP contribution < -0.4 is 4.72 Å². The van der Waals surface area contributed by atoms with Crippen LogP contribution in [0.4, 0.5) is 0 Å². The lowest BCUT2D eigenvalue weighted by atomic mass is 10.1. The molecule has 1 heterocycles. The molecule has 0 fully saturated rings. The van der Waals surface area contributed by atoms with Crippen molar-refractivity contribution in [2.75, 3.05) is 20.3 Å². The highest BCUT2D eigenvalue weighted by atomic mass is 32.2. The number of aryl methyl sites for hydroxylation is 2. The maximum atomic E-state index is 12.6. The molecule has 0 aliphatic heterocycles. The van der Waals surface area contributed by atoms with Crippen molar-refractivity contribution in [3.63, 3.8) is 0 Å². The van der Waals surface area contributed by atoms with Gasteiger partial charge in [-0.15, -0.1) is 0 Å². The van der Waals surface area contributed by atoms with Crippen LogP contribution in [0.15, 0.2) is 35.2 Å². The number of benzene rings is 1. The Hall–Kier alpha value is -2.53. The summed E-state index contributed by atoms with van der Waals surface area (Å²) in [4.78, 5) is 25.1. The van der Waals surface area contributed by atoms with E-state index >= 15 is 0 Å². The molecule has 0 radical (unpaired) electrons. The highest BCUT2D eigenvalue weighted by Gasteiger charge is 2.31. The van der Waals surface area contributed by atoms with Crippen molar-refractivity contribution >= 4 is 21.8 Å². The number of carbonyl (C=O) groups excluding carboxylic acids is 2. The molecular formula is C22H30N2O7S. The number of hydrogen-bond acceptors (Lipinski definition) is 7. The van der Waals surface area contributed by atoms with E-state index in [1.54, 1.807) is 32.2 Å². The highest BCUT2D eigenvalue weighted by molar-refractivity contribution is 7.89. The van der Waals surface area contributed by atoms with E-state index in [4.69, 9.17) is 9.47 Å². The molecule has 0 saturated heterocycles. The fraction of sp³-hybridized carbons (Fsp3) is 0.455. The van der Waals surface area contributed by atoms with Gasteiger partial charge in [-0.3, -0.25) is 9.59 Å². The van der Waals surface area contributed by atoms with Gasteiger partial charge in [0, 0.05) is 30.6 Å². The molecule has 0 spiro atoms. The third-order valence-corrected chi connectivity index (χ3v) is 6.55. The number of hydrogen-bond donors (Lipinski definition) is 2. The number of aliphatic hydroxyl groups is 1.